The van der Waals surface area contributed by atoms with Crippen molar-refractivity contribution in [2.24, 2.45) is 5.92 Å². The Labute approximate surface area is 145 Å². The fourth-order valence-corrected chi connectivity index (χ4v) is 3.26. The molecule has 0 unspecified atom stereocenters. The number of hydrogen-bond donors (Lipinski definition) is 2. The summed E-state index contributed by atoms with van der Waals surface area (Å²) in [5, 5.41) is 2.89. The first-order valence-electron chi connectivity index (χ1n) is 8.10. The van der Waals surface area contributed by atoms with E-state index in [1.54, 1.807) is 6.92 Å². The number of rotatable bonds is 5. The van der Waals surface area contributed by atoms with Crippen LogP contribution in [0.2, 0.25) is 0 Å². The van der Waals surface area contributed by atoms with E-state index in [1.807, 2.05) is 0 Å². The SMILES string of the molecule is C[C@@H](CC1CC(F)(F)C1)Nc1cc(=O)n(-c2cc(F)cc(F)c2)c(=O)[nH]1. The summed E-state index contributed by atoms with van der Waals surface area (Å²) in [4.78, 5) is 26.8. The lowest BCUT2D eigenvalue weighted by Gasteiger charge is -2.36. The second kappa shape index (κ2) is 6.62. The van der Waals surface area contributed by atoms with Gasteiger partial charge in [0.1, 0.15) is 17.5 Å². The molecule has 0 bridgehead atoms. The van der Waals surface area contributed by atoms with E-state index in [0.717, 1.165) is 18.2 Å². The molecule has 9 heteroatoms. The molecule has 3 rings (SSSR count). The van der Waals surface area contributed by atoms with Crippen molar-refractivity contribution in [1.82, 2.24) is 9.55 Å². The summed E-state index contributed by atoms with van der Waals surface area (Å²) in [5.74, 6) is -4.43. The van der Waals surface area contributed by atoms with Gasteiger partial charge in [-0.05, 0) is 31.4 Å². The van der Waals surface area contributed by atoms with Crippen LogP contribution in [0, 0.1) is 17.6 Å². The van der Waals surface area contributed by atoms with Crippen LogP contribution in [0.3, 0.4) is 0 Å². The molecule has 1 aromatic heterocycles. The maximum Gasteiger partial charge on any atom is 0.334 e. The van der Waals surface area contributed by atoms with Crippen molar-refractivity contribution >= 4 is 5.82 Å². The van der Waals surface area contributed by atoms with Gasteiger partial charge < -0.3 is 5.32 Å². The molecule has 2 N–H and O–H groups in total. The summed E-state index contributed by atoms with van der Waals surface area (Å²) in [6.45, 7) is 1.75. The van der Waals surface area contributed by atoms with Gasteiger partial charge in [-0.15, -0.1) is 0 Å². The van der Waals surface area contributed by atoms with Crippen molar-refractivity contribution in [2.45, 2.75) is 38.2 Å². The average molecular weight is 371 g/mol. The average Bonchev–Trinajstić information content (AvgIpc) is 2.43. The van der Waals surface area contributed by atoms with Crippen molar-refractivity contribution in [3.8, 4) is 5.69 Å². The highest BCUT2D eigenvalue weighted by Crippen LogP contribution is 2.44. The molecule has 1 aromatic carbocycles. The third kappa shape index (κ3) is 3.97. The molecule has 0 saturated heterocycles. The molecule has 1 aliphatic carbocycles. The van der Waals surface area contributed by atoms with Gasteiger partial charge in [0.05, 0.1) is 5.69 Å². The zero-order valence-electron chi connectivity index (χ0n) is 13.9. The van der Waals surface area contributed by atoms with Crippen molar-refractivity contribution in [2.75, 3.05) is 5.32 Å². The van der Waals surface area contributed by atoms with Crippen LogP contribution in [0.1, 0.15) is 26.2 Å². The number of alkyl halides is 2. The van der Waals surface area contributed by atoms with Gasteiger partial charge in [-0.3, -0.25) is 9.78 Å². The molecular weight excluding hydrogens is 354 g/mol. The normalized spacial score (nSPS) is 17.6. The third-order valence-corrected chi connectivity index (χ3v) is 4.30. The Kier molecular flexibility index (Phi) is 4.64. The molecule has 140 valence electrons. The second-order valence-corrected chi connectivity index (χ2v) is 6.70. The van der Waals surface area contributed by atoms with Crippen molar-refractivity contribution in [1.29, 1.82) is 0 Å². The smallest absolute Gasteiger partial charge is 0.334 e. The molecule has 1 saturated carbocycles. The van der Waals surface area contributed by atoms with E-state index in [-0.39, 0.29) is 36.3 Å². The van der Waals surface area contributed by atoms with Crippen LogP contribution in [0.15, 0.2) is 33.9 Å². The summed E-state index contributed by atoms with van der Waals surface area (Å²) >= 11 is 0. The fraction of sp³-hybridized carbons (Fsp3) is 0.412. The minimum atomic E-state index is -2.60. The van der Waals surface area contributed by atoms with E-state index >= 15 is 0 Å². The molecular formula is C17H17F4N3O2. The lowest BCUT2D eigenvalue weighted by atomic mass is 9.78. The molecule has 0 spiro atoms. The number of hydrogen-bond acceptors (Lipinski definition) is 3. The predicted molar refractivity (Wildman–Crippen MR) is 87.9 cm³/mol. The van der Waals surface area contributed by atoms with Crippen molar-refractivity contribution < 1.29 is 17.6 Å². The summed E-state index contributed by atoms with van der Waals surface area (Å²) in [5.41, 5.74) is -1.87. The van der Waals surface area contributed by atoms with Crippen molar-refractivity contribution in [3.05, 3.63) is 56.7 Å². The summed E-state index contributed by atoms with van der Waals surface area (Å²) < 4.78 is 53.0. The van der Waals surface area contributed by atoms with Crippen LogP contribution < -0.4 is 16.6 Å². The zero-order chi connectivity index (χ0) is 19.1. The van der Waals surface area contributed by atoms with Crippen LogP contribution >= 0.6 is 0 Å². The van der Waals surface area contributed by atoms with E-state index in [9.17, 15) is 27.2 Å². The number of aromatic nitrogens is 2. The topological polar surface area (TPSA) is 66.9 Å². The molecule has 1 heterocycles. The minimum absolute atomic E-state index is 0.116. The number of nitrogens with zero attached hydrogens (tertiary/aromatic N) is 1. The lowest BCUT2D eigenvalue weighted by Crippen LogP contribution is -2.38. The van der Waals surface area contributed by atoms with Gasteiger partial charge in [0, 0.05) is 31.0 Å². The molecule has 26 heavy (non-hydrogen) atoms. The van der Waals surface area contributed by atoms with Crippen LogP contribution in [0.4, 0.5) is 23.4 Å². The van der Waals surface area contributed by atoms with Gasteiger partial charge >= 0.3 is 5.69 Å². The lowest BCUT2D eigenvalue weighted by molar-refractivity contribution is -0.112. The third-order valence-electron chi connectivity index (χ3n) is 4.30. The van der Waals surface area contributed by atoms with Crippen LogP contribution in [0.25, 0.3) is 5.69 Å². The second-order valence-electron chi connectivity index (χ2n) is 6.70. The first-order chi connectivity index (χ1) is 12.1. The summed E-state index contributed by atoms with van der Waals surface area (Å²) in [6.07, 6.45) is 0.139. The molecule has 1 atom stereocenters. The highest BCUT2D eigenvalue weighted by molar-refractivity contribution is 5.38. The van der Waals surface area contributed by atoms with Gasteiger partial charge in [0.25, 0.3) is 5.56 Å². The number of aromatic amines is 1. The first kappa shape index (κ1) is 18.2. The van der Waals surface area contributed by atoms with E-state index in [1.165, 1.54) is 0 Å². The maximum absolute atomic E-state index is 13.3. The molecule has 0 aliphatic heterocycles. The van der Waals surface area contributed by atoms with Gasteiger partial charge in [-0.1, -0.05) is 0 Å². The molecule has 1 fully saturated rings. The minimum Gasteiger partial charge on any atom is -0.369 e. The van der Waals surface area contributed by atoms with Crippen LogP contribution in [-0.4, -0.2) is 21.5 Å². The quantitative estimate of drug-likeness (QED) is 0.794. The molecule has 1 aliphatic rings. The Morgan fingerprint density at radius 2 is 1.81 bits per heavy atom. The Bertz CT molecular complexity index is 879. The molecule has 0 amide bonds. The van der Waals surface area contributed by atoms with E-state index in [0.29, 0.717) is 17.1 Å². The molecule has 5 nitrogen and oxygen atoms in total. The highest BCUT2D eigenvalue weighted by atomic mass is 19.3. The molecule has 0 radical (unpaired) electrons. The van der Waals surface area contributed by atoms with Crippen LogP contribution in [-0.2, 0) is 0 Å². The largest absolute Gasteiger partial charge is 0.369 e. The predicted octanol–water partition coefficient (Wildman–Crippen LogP) is 3.04. The zero-order valence-corrected chi connectivity index (χ0v) is 13.9. The van der Waals surface area contributed by atoms with E-state index in [4.69, 9.17) is 0 Å². The number of anilines is 1. The Morgan fingerprint density at radius 1 is 1.19 bits per heavy atom. The fourth-order valence-electron chi connectivity index (χ4n) is 3.26. The first-order valence-corrected chi connectivity index (χ1v) is 8.10. The number of nitrogens with one attached hydrogen (secondary N) is 2. The highest BCUT2D eigenvalue weighted by Gasteiger charge is 2.45. The van der Waals surface area contributed by atoms with Gasteiger partial charge in [0.15, 0.2) is 0 Å². The van der Waals surface area contributed by atoms with Gasteiger partial charge in [-0.25, -0.2) is 26.9 Å². The number of benzene rings is 1. The van der Waals surface area contributed by atoms with E-state index < -0.39 is 28.8 Å². The van der Waals surface area contributed by atoms with Crippen molar-refractivity contribution in [3.63, 3.8) is 0 Å². The Balaban J connectivity index is 1.77. The van der Waals surface area contributed by atoms with Crippen LogP contribution in [0.5, 0.6) is 0 Å². The molecule has 2 aromatic rings. The summed E-state index contributed by atoms with van der Waals surface area (Å²) in [6, 6.07) is 3.20. The maximum atomic E-state index is 13.3. The van der Waals surface area contributed by atoms with Gasteiger partial charge in [-0.2, -0.15) is 0 Å². The van der Waals surface area contributed by atoms with Gasteiger partial charge in [0.2, 0.25) is 5.92 Å². The summed E-state index contributed by atoms with van der Waals surface area (Å²) in [7, 11) is 0. The standard InChI is InChI=1S/C17H17F4N3O2/c1-9(2-10-7-17(20,21)8-10)22-14-6-15(25)24(16(26)23-14)13-4-11(18)3-12(19)5-13/h3-6,9-10,22H,2,7-8H2,1H3,(H,23,26)/t9-/m0/s1. The Morgan fingerprint density at radius 3 is 2.35 bits per heavy atom. The number of H-pyrrole nitrogens is 1. The monoisotopic (exact) mass is 371 g/mol. The Hall–Kier alpha value is -2.58. The number of halogens is 4. The van der Waals surface area contributed by atoms with E-state index in [2.05, 4.69) is 10.3 Å².